The third-order valence-corrected chi connectivity index (χ3v) is 2.84. The number of benzene rings is 1. The molecule has 0 radical (unpaired) electrons. The van der Waals surface area contributed by atoms with Crippen LogP contribution in [0.3, 0.4) is 0 Å². The van der Waals surface area contributed by atoms with Gasteiger partial charge in [0.2, 0.25) is 0 Å². The van der Waals surface area contributed by atoms with Crippen LogP contribution in [-0.4, -0.2) is 16.3 Å². The summed E-state index contributed by atoms with van der Waals surface area (Å²) in [5.41, 5.74) is 7.32. The van der Waals surface area contributed by atoms with Crippen LogP contribution < -0.4 is 5.73 Å². The van der Waals surface area contributed by atoms with Gasteiger partial charge in [-0.15, -0.1) is 0 Å². The monoisotopic (exact) mass is 223 g/mol. The Bertz CT molecular complexity index is 361. The van der Waals surface area contributed by atoms with E-state index in [9.17, 15) is 10.2 Å². The van der Waals surface area contributed by atoms with Gasteiger partial charge in [-0.1, -0.05) is 13.8 Å². The largest absolute Gasteiger partial charge is 0.508 e. The SMILES string of the molecule is CCc1cc(O)cc(C(C)CC(C)N)c1O. The average Bonchev–Trinajstić information content (AvgIpc) is 2.19. The molecule has 3 nitrogen and oxygen atoms in total. The highest BCUT2D eigenvalue weighted by molar-refractivity contribution is 5.47. The zero-order valence-electron chi connectivity index (χ0n) is 10.2. The maximum absolute atomic E-state index is 10.0. The lowest BCUT2D eigenvalue weighted by Gasteiger charge is -2.17. The molecule has 1 aromatic carbocycles. The molecule has 2 unspecified atom stereocenters. The Kier molecular flexibility index (Phi) is 4.19. The molecule has 16 heavy (non-hydrogen) atoms. The molecule has 4 N–H and O–H groups in total. The van der Waals surface area contributed by atoms with Crippen LogP contribution in [-0.2, 0) is 6.42 Å². The second kappa shape index (κ2) is 5.21. The summed E-state index contributed by atoms with van der Waals surface area (Å²) >= 11 is 0. The van der Waals surface area contributed by atoms with Crippen molar-refractivity contribution in [1.82, 2.24) is 0 Å². The highest BCUT2D eigenvalue weighted by Gasteiger charge is 2.15. The van der Waals surface area contributed by atoms with E-state index in [1.807, 2.05) is 20.8 Å². The molecule has 2 atom stereocenters. The van der Waals surface area contributed by atoms with Crippen molar-refractivity contribution in [2.24, 2.45) is 5.73 Å². The van der Waals surface area contributed by atoms with E-state index < -0.39 is 0 Å². The van der Waals surface area contributed by atoms with Crippen molar-refractivity contribution in [3.05, 3.63) is 23.3 Å². The first-order valence-corrected chi connectivity index (χ1v) is 5.76. The number of rotatable bonds is 4. The van der Waals surface area contributed by atoms with Crippen LogP contribution in [0.4, 0.5) is 0 Å². The number of aryl methyl sites for hydroxylation is 1. The Hall–Kier alpha value is -1.22. The van der Waals surface area contributed by atoms with E-state index in [-0.39, 0.29) is 17.7 Å². The molecular weight excluding hydrogens is 202 g/mol. The van der Waals surface area contributed by atoms with Crippen LogP contribution in [0.2, 0.25) is 0 Å². The fraction of sp³-hybridized carbons (Fsp3) is 0.538. The standard InChI is InChI=1S/C13H21NO2/c1-4-10-6-11(15)7-12(13(10)16)8(2)5-9(3)14/h6-9,15-16H,4-5,14H2,1-3H3. The molecule has 0 fully saturated rings. The molecule has 0 saturated heterocycles. The quantitative estimate of drug-likeness (QED) is 0.687. The molecule has 0 spiro atoms. The van der Waals surface area contributed by atoms with Gasteiger partial charge in [0.15, 0.2) is 0 Å². The molecule has 1 rings (SSSR count). The van der Waals surface area contributed by atoms with E-state index in [0.29, 0.717) is 12.2 Å². The lowest BCUT2D eigenvalue weighted by atomic mass is 9.91. The van der Waals surface area contributed by atoms with Gasteiger partial charge in [0.1, 0.15) is 11.5 Å². The van der Waals surface area contributed by atoms with Crippen LogP contribution in [0, 0.1) is 0 Å². The van der Waals surface area contributed by atoms with Crippen molar-refractivity contribution >= 4 is 0 Å². The molecule has 0 heterocycles. The molecule has 3 heteroatoms. The molecular formula is C13H21NO2. The highest BCUT2D eigenvalue weighted by Crippen LogP contribution is 2.35. The van der Waals surface area contributed by atoms with E-state index in [2.05, 4.69) is 0 Å². The zero-order chi connectivity index (χ0) is 12.3. The topological polar surface area (TPSA) is 66.5 Å². The molecule has 0 aliphatic rings. The summed E-state index contributed by atoms with van der Waals surface area (Å²) < 4.78 is 0. The van der Waals surface area contributed by atoms with Gasteiger partial charge in [0.25, 0.3) is 0 Å². The fourth-order valence-electron chi connectivity index (χ4n) is 2.03. The minimum atomic E-state index is 0.0850. The first kappa shape index (κ1) is 12.8. The number of aromatic hydroxyl groups is 2. The lowest BCUT2D eigenvalue weighted by Crippen LogP contribution is -2.17. The Labute approximate surface area is 96.9 Å². The van der Waals surface area contributed by atoms with Crippen LogP contribution in [0.25, 0.3) is 0 Å². The van der Waals surface area contributed by atoms with E-state index in [4.69, 9.17) is 5.73 Å². The Morgan fingerprint density at radius 1 is 1.25 bits per heavy atom. The van der Waals surface area contributed by atoms with E-state index in [1.165, 1.54) is 0 Å². The first-order valence-electron chi connectivity index (χ1n) is 5.76. The van der Waals surface area contributed by atoms with Gasteiger partial charge in [-0.2, -0.15) is 0 Å². The second-order valence-electron chi connectivity index (χ2n) is 4.51. The minimum Gasteiger partial charge on any atom is -0.508 e. The lowest BCUT2D eigenvalue weighted by molar-refractivity contribution is 0.439. The first-order chi connectivity index (χ1) is 7.45. The second-order valence-corrected chi connectivity index (χ2v) is 4.51. The van der Waals surface area contributed by atoms with Gasteiger partial charge in [0.05, 0.1) is 0 Å². The maximum atomic E-state index is 10.0. The van der Waals surface area contributed by atoms with Crippen molar-refractivity contribution < 1.29 is 10.2 Å². The normalized spacial score (nSPS) is 14.8. The number of phenols is 2. The molecule has 90 valence electrons. The number of nitrogens with two attached hydrogens (primary N) is 1. The predicted octanol–water partition coefficient (Wildman–Crippen LogP) is 2.50. The predicted molar refractivity (Wildman–Crippen MR) is 65.8 cm³/mol. The third kappa shape index (κ3) is 2.89. The summed E-state index contributed by atoms with van der Waals surface area (Å²) in [6, 6.07) is 3.32. The van der Waals surface area contributed by atoms with Crippen molar-refractivity contribution in [3.8, 4) is 11.5 Å². The van der Waals surface area contributed by atoms with Crippen LogP contribution in [0.15, 0.2) is 12.1 Å². The highest BCUT2D eigenvalue weighted by atomic mass is 16.3. The summed E-state index contributed by atoms with van der Waals surface area (Å²) in [5, 5.41) is 19.6. The zero-order valence-corrected chi connectivity index (χ0v) is 10.2. The summed E-state index contributed by atoms with van der Waals surface area (Å²) in [5.74, 6) is 0.659. The fourth-order valence-corrected chi connectivity index (χ4v) is 2.03. The third-order valence-electron chi connectivity index (χ3n) is 2.84. The molecule has 0 aromatic heterocycles. The van der Waals surface area contributed by atoms with Crippen LogP contribution >= 0.6 is 0 Å². The van der Waals surface area contributed by atoms with Crippen LogP contribution in [0.5, 0.6) is 11.5 Å². The van der Waals surface area contributed by atoms with Gasteiger partial charge in [-0.05, 0) is 43.4 Å². The minimum absolute atomic E-state index is 0.0850. The van der Waals surface area contributed by atoms with Crippen LogP contribution in [0.1, 0.15) is 44.2 Å². The van der Waals surface area contributed by atoms with E-state index >= 15 is 0 Å². The van der Waals surface area contributed by atoms with Crippen molar-refractivity contribution in [1.29, 1.82) is 0 Å². The molecule has 1 aromatic rings. The Balaban J connectivity index is 3.07. The number of hydrogen-bond acceptors (Lipinski definition) is 3. The molecule has 0 aliphatic heterocycles. The Morgan fingerprint density at radius 3 is 2.38 bits per heavy atom. The molecule has 0 saturated carbocycles. The van der Waals surface area contributed by atoms with Crippen molar-refractivity contribution in [2.45, 2.75) is 45.6 Å². The van der Waals surface area contributed by atoms with Gasteiger partial charge in [-0.3, -0.25) is 0 Å². The van der Waals surface area contributed by atoms with Gasteiger partial charge in [0, 0.05) is 11.6 Å². The maximum Gasteiger partial charge on any atom is 0.122 e. The Morgan fingerprint density at radius 2 is 1.88 bits per heavy atom. The van der Waals surface area contributed by atoms with Gasteiger partial charge < -0.3 is 15.9 Å². The average molecular weight is 223 g/mol. The van der Waals surface area contributed by atoms with E-state index in [0.717, 1.165) is 17.5 Å². The number of hydrogen-bond donors (Lipinski definition) is 3. The van der Waals surface area contributed by atoms with Crippen molar-refractivity contribution in [2.75, 3.05) is 0 Å². The van der Waals surface area contributed by atoms with Gasteiger partial charge in [-0.25, -0.2) is 0 Å². The van der Waals surface area contributed by atoms with Gasteiger partial charge >= 0.3 is 0 Å². The summed E-state index contributed by atoms with van der Waals surface area (Å²) in [6.07, 6.45) is 1.50. The smallest absolute Gasteiger partial charge is 0.122 e. The summed E-state index contributed by atoms with van der Waals surface area (Å²) in [6.45, 7) is 5.91. The summed E-state index contributed by atoms with van der Waals surface area (Å²) in [4.78, 5) is 0. The molecule has 0 bridgehead atoms. The number of phenolic OH excluding ortho intramolecular Hbond substituents is 2. The molecule has 0 amide bonds. The summed E-state index contributed by atoms with van der Waals surface area (Å²) in [7, 11) is 0. The van der Waals surface area contributed by atoms with E-state index in [1.54, 1.807) is 12.1 Å². The molecule has 0 aliphatic carbocycles. The van der Waals surface area contributed by atoms with Crippen molar-refractivity contribution in [3.63, 3.8) is 0 Å².